The Kier molecular flexibility index (Phi) is 7.47. The minimum Gasteiger partial charge on any atom is -0.462 e. The fourth-order valence-electron chi connectivity index (χ4n) is 6.17. The number of ether oxygens (including phenoxy) is 1. The Bertz CT molecular complexity index is 1750. The number of likely N-dealkylation sites (tertiary alicyclic amines) is 1. The first-order valence-electron chi connectivity index (χ1n) is 13.9. The van der Waals surface area contributed by atoms with Crippen molar-refractivity contribution < 1.29 is 17.9 Å². The summed E-state index contributed by atoms with van der Waals surface area (Å²) in [5.74, 6) is 1.65. The maximum atomic E-state index is 16.6. The van der Waals surface area contributed by atoms with Crippen LogP contribution in [0.25, 0.3) is 32.9 Å². The van der Waals surface area contributed by atoms with Crippen LogP contribution in [0.5, 0.6) is 6.01 Å². The lowest BCUT2D eigenvalue weighted by atomic mass is 9.96. The van der Waals surface area contributed by atoms with Gasteiger partial charge in [-0.1, -0.05) is 30.2 Å². The van der Waals surface area contributed by atoms with E-state index < -0.39 is 11.6 Å². The number of hydrogen-bond donors (Lipinski definition) is 1. The number of terminal acetylenes is 1. The summed E-state index contributed by atoms with van der Waals surface area (Å²) in [6.07, 6.45) is 9.27. The quantitative estimate of drug-likeness (QED) is 0.318. The number of likely N-dealkylation sites (N-methyl/N-ethyl adjacent to an activating group) is 2. The molecule has 4 heterocycles. The van der Waals surface area contributed by atoms with E-state index >= 15 is 4.39 Å². The lowest BCUT2D eigenvalue weighted by Gasteiger charge is -2.29. The van der Waals surface area contributed by atoms with Crippen molar-refractivity contribution in [1.82, 2.24) is 25.2 Å². The van der Waals surface area contributed by atoms with Crippen LogP contribution in [0.1, 0.15) is 25.3 Å². The summed E-state index contributed by atoms with van der Waals surface area (Å²) in [6, 6.07) is 8.36. The van der Waals surface area contributed by atoms with Crippen LogP contribution in [0.4, 0.5) is 19.0 Å². The van der Waals surface area contributed by atoms with Crippen LogP contribution in [0, 0.1) is 24.0 Å². The Morgan fingerprint density at radius 2 is 2.07 bits per heavy atom. The molecule has 0 bridgehead atoms. The second-order valence-corrected chi connectivity index (χ2v) is 11.0. The molecule has 1 N–H and O–H groups in total. The van der Waals surface area contributed by atoms with Gasteiger partial charge in [0.25, 0.3) is 0 Å². The number of nitrogens with one attached hydrogen (secondary N) is 1. The molecule has 7 nitrogen and oxygen atoms in total. The van der Waals surface area contributed by atoms with Gasteiger partial charge in [0.2, 0.25) is 0 Å². The number of aromatic nitrogens is 3. The summed E-state index contributed by atoms with van der Waals surface area (Å²) in [6.45, 7) is 3.67. The number of nitrogens with zero attached hydrogens (tertiary/aromatic N) is 5. The van der Waals surface area contributed by atoms with Crippen LogP contribution in [0.15, 0.2) is 48.4 Å². The second-order valence-electron chi connectivity index (χ2n) is 11.0. The maximum absolute atomic E-state index is 16.6. The first kappa shape index (κ1) is 27.9. The molecule has 6 rings (SSSR count). The summed E-state index contributed by atoms with van der Waals surface area (Å²) >= 11 is 0. The van der Waals surface area contributed by atoms with E-state index in [0.717, 1.165) is 13.0 Å². The van der Waals surface area contributed by atoms with E-state index in [1.165, 1.54) is 6.07 Å². The van der Waals surface area contributed by atoms with Crippen LogP contribution in [0.3, 0.4) is 0 Å². The molecule has 0 aliphatic carbocycles. The van der Waals surface area contributed by atoms with Gasteiger partial charge in [0.1, 0.15) is 29.5 Å². The molecule has 2 aromatic heterocycles. The van der Waals surface area contributed by atoms with Gasteiger partial charge in [-0.05, 0) is 50.4 Å². The zero-order valence-corrected chi connectivity index (χ0v) is 23.7. The minimum absolute atomic E-state index is 0.00222. The highest BCUT2D eigenvalue weighted by Gasteiger charge is 2.31. The number of fused-ring (bicyclic) bond motifs is 2. The highest BCUT2D eigenvalue weighted by atomic mass is 19.1. The number of halogens is 3. The third kappa shape index (κ3) is 4.82. The van der Waals surface area contributed by atoms with Gasteiger partial charge in [0.05, 0.1) is 17.3 Å². The van der Waals surface area contributed by atoms with Crippen LogP contribution in [-0.2, 0) is 0 Å². The SMILES string of the molecule is C#Cc1c(F)ccc2cccc(-c3ncc4c(N(C)[C@@H]5CCN[C@@H]5C)nc(OC[C@H]5C/C(=C\F)CN5C)nc4c3F)c12. The molecule has 2 aliphatic rings. The van der Waals surface area contributed by atoms with Crippen LogP contribution < -0.4 is 15.0 Å². The molecule has 0 unspecified atom stereocenters. The molecule has 2 aromatic carbocycles. The molecule has 42 heavy (non-hydrogen) atoms. The van der Waals surface area contributed by atoms with Crippen molar-refractivity contribution in [2.75, 3.05) is 38.7 Å². The van der Waals surface area contributed by atoms with Gasteiger partial charge in [-0.15, -0.1) is 6.42 Å². The van der Waals surface area contributed by atoms with Crippen molar-refractivity contribution in [3.05, 3.63) is 65.6 Å². The normalized spacial score (nSPS) is 21.8. The molecule has 0 spiro atoms. The van der Waals surface area contributed by atoms with Gasteiger partial charge < -0.3 is 15.0 Å². The standard InChI is InChI=1S/C32H31F3N6O/c1-5-22-25(34)10-9-20-7-6-8-23(27(20)22)29-28(35)30-24(15-37-29)31(41(4)26-11-12-36-18(26)2)39-32(38-30)42-17-21-13-19(14-33)16-40(21)3/h1,6-10,14-15,18,21,26,36H,11-13,16-17H2,2-4H3/b19-14+/t18-,21-,26-/m1/s1. The molecular weight excluding hydrogens is 541 g/mol. The molecule has 2 saturated heterocycles. The van der Waals surface area contributed by atoms with Crippen LogP contribution >= 0.6 is 0 Å². The smallest absolute Gasteiger partial charge is 0.319 e. The first-order chi connectivity index (χ1) is 20.3. The van der Waals surface area contributed by atoms with Crippen molar-refractivity contribution in [3.8, 4) is 29.6 Å². The largest absolute Gasteiger partial charge is 0.462 e. The van der Waals surface area contributed by atoms with Gasteiger partial charge in [-0.2, -0.15) is 9.97 Å². The summed E-state index contributed by atoms with van der Waals surface area (Å²) in [5, 5.41) is 4.94. The molecule has 0 saturated carbocycles. The Balaban J connectivity index is 1.49. The zero-order valence-electron chi connectivity index (χ0n) is 23.7. The summed E-state index contributed by atoms with van der Waals surface area (Å²) in [4.78, 5) is 17.7. The Labute approximate surface area is 242 Å². The average Bonchev–Trinajstić information content (AvgIpc) is 3.59. The fourth-order valence-corrected chi connectivity index (χ4v) is 6.17. The molecule has 2 fully saturated rings. The molecule has 0 radical (unpaired) electrons. The van der Waals surface area contributed by atoms with E-state index in [2.05, 4.69) is 28.1 Å². The van der Waals surface area contributed by atoms with Crippen molar-refractivity contribution in [2.45, 2.75) is 37.9 Å². The van der Waals surface area contributed by atoms with Gasteiger partial charge in [0, 0.05) is 48.9 Å². The second kappa shape index (κ2) is 11.2. The number of anilines is 1. The van der Waals surface area contributed by atoms with E-state index in [1.807, 2.05) is 23.9 Å². The van der Waals surface area contributed by atoms with Gasteiger partial charge in [0.15, 0.2) is 5.82 Å². The van der Waals surface area contributed by atoms with Crippen LogP contribution in [0.2, 0.25) is 0 Å². The van der Waals surface area contributed by atoms with E-state index in [4.69, 9.17) is 16.1 Å². The van der Waals surface area contributed by atoms with Crippen molar-refractivity contribution in [2.24, 2.45) is 0 Å². The monoisotopic (exact) mass is 572 g/mol. The van der Waals surface area contributed by atoms with E-state index in [9.17, 15) is 8.78 Å². The lowest BCUT2D eigenvalue weighted by molar-refractivity contribution is 0.188. The molecule has 3 atom stereocenters. The van der Waals surface area contributed by atoms with E-state index in [0.29, 0.717) is 52.4 Å². The van der Waals surface area contributed by atoms with E-state index in [-0.39, 0.29) is 47.5 Å². The third-order valence-electron chi connectivity index (χ3n) is 8.49. The van der Waals surface area contributed by atoms with Gasteiger partial charge in [-0.25, -0.2) is 13.2 Å². The molecule has 4 aromatic rings. The number of pyridine rings is 1. The molecule has 2 aliphatic heterocycles. The zero-order chi connectivity index (χ0) is 29.5. The summed E-state index contributed by atoms with van der Waals surface area (Å²) in [5.41, 5.74) is 1.12. The van der Waals surface area contributed by atoms with Crippen molar-refractivity contribution in [1.29, 1.82) is 0 Å². The summed E-state index contributed by atoms with van der Waals surface area (Å²) < 4.78 is 50.4. The van der Waals surface area contributed by atoms with Crippen molar-refractivity contribution in [3.63, 3.8) is 0 Å². The molecule has 216 valence electrons. The summed E-state index contributed by atoms with van der Waals surface area (Å²) in [7, 11) is 3.82. The topological polar surface area (TPSA) is 66.4 Å². The Morgan fingerprint density at radius 3 is 2.79 bits per heavy atom. The average molecular weight is 573 g/mol. The van der Waals surface area contributed by atoms with Gasteiger partial charge in [-0.3, -0.25) is 9.88 Å². The van der Waals surface area contributed by atoms with Crippen molar-refractivity contribution >= 4 is 27.5 Å². The third-order valence-corrected chi connectivity index (χ3v) is 8.49. The predicted molar refractivity (Wildman–Crippen MR) is 158 cm³/mol. The minimum atomic E-state index is -0.688. The highest BCUT2D eigenvalue weighted by molar-refractivity contribution is 6.02. The molecular formula is C32H31F3N6O. The fraction of sp³-hybridized carbons (Fsp3) is 0.344. The van der Waals surface area contributed by atoms with Crippen LogP contribution in [-0.4, -0.2) is 71.8 Å². The maximum Gasteiger partial charge on any atom is 0.319 e. The molecule has 10 heteroatoms. The number of hydrogen-bond acceptors (Lipinski definition) is 7. The Morgan fingerprint density at radius 1 is 1.24 bits per heavy atom. The predicted octanol–water partition coefficient (Wildman–Crippen LogP) is 5.23. The molecule has 0 amide bonds. The van der Waals surface area contributed by atoms with E-state index in [1.54, 1.807) is 30.5 Å². The Hall–Kier alpha value is -4.20. The number of rotatable bonds is 6. The highest BCUT2D eigenvalue weighted by Crippen LogP contribution is 2.37. The first-order valence-corrected chi connectivity index (χ1v) is 13.9. The lowest BCUT2D eigenvalue weighted by Crippen LogP contribution is -2.40. The number of benzene rings is 2. The van der Waals surface area contributed by atoms with Gasteiger partial charge >= 0.3 is 6.01 Å².